The maximum Gasteiger partial charge on any atom is 0.233 e. The summed E-state index contributed by atoms with van der Waals surface area (Å²) in [6.07, 6.45) is 5.92. The molecule has 0 rings (SSSR count). The summed E-state index contributed by atoms with van der Waals surface area (Å²) in [4.78, 5) is 22.4. The summed E-state index contributed by atoms with van der Waals surface area (Å²) >= 11 is 0. The maximum atomic E-state index is 11.6. The number of carbonyl (C=O) groups is 2. The molecule has 0 saturated heterocycles. The highest BCUT2D eigenvalue weighted by Gasteiger charge is 2.15. The summed E-state index contributed by atoms with van der Waals surface area (Å²) in [5.74, 6) is -0.672. The highest BCUT2D eigenvalue weighted by Crippen LogP contribution is 2.18. The first-order chi connectivity index (χ1) is 9.79. The van der Waals surface area contributed by atoms with Crippen LogP contribution in [-0.2, 0) is 9.59 Å². The van der Waals surface area contributed by atoms with Crippen LogP contribution < -0.4 is 5.32 Å². The van der Waals surface area contributed by atoms with Crippen LogP contribution in [0.3, 0.4) is 0 Å². The second-order valence-corrected chi connectivity index (χ2v) is 4.94. The van der Waals surface area contributed by atoms with Crippen molar-refractivity contribution in [1.29, 1.82) is 0 Å². The lowest BCUT2D eigenvalue weighted by molar-refractivity contribution is -0.130. The summed E-state index contributed by atoms with van der Waals surface area (Å²) in [6.45, 7) is 19.2. The fraction of sp³-hybridized carbons (Fsp3) is 0.556. The molecule has 0 aromatic carbocycles. The number of allylic oxidation sites excluding steroid dienone is 3. The van der Waals surface area contributed by atoms with Gasteiger partial charge in [0, 0.05) is 6.92 Å². The summed E-state index contributed by atoms with van der Waals surface area (Å²) in [5, 5.41) is 2.26. The lowest BCUT2D eigenvalue weighted by atomic mass is 9.95. The van der Waals surface area contributed by atoms with Crippen LogP contribution in [0.5, 0.6) is 0 Å². The Morgan fingerprint density at radius 2 is 1.57 bits per heavy atom. The largest absolute Gasteiger partial charge is 0.296 e. The number of rotatable bonds is 7. The van der Waals surface area contributed by atoms with Crippen molar-refractivity contribution in [2.75, 3.05) is 0 Å². The van der Waals surface area contributed by atoms with Crippen molar-refractivity contribution >= 4 is 11.8 Å². The van der Waals surface area contributed by atoms with Gasteiger partial charge in [-0.1, -0.05) is 65.0 Å². The Labute approximate surface area is 130 Å². The molecule has 3 heteroatoms. The predicted molar refractivity (Wildman–Crippen MR) is 90.8 cm³/mol. The van der Waals surface area contributed by atoms with Crippen LogP contribution in [-0.4, -0.2) is 11.8 Å². The van der Waals surface area contributed by atoms with Crippen molar-refractivity contribution in [2.24, 2.45) is 11.8 Å². The van der Waals surface area contributed by atoms with Crippen LogP contribution in [0.4, 0.5) is 0 Å². The molecule has 0 heterocycles. The van der Waals surface area contributed by atoms with E-state index in [0.717, 1.165) is 18.4 Å². The lowest BCUT2D eigenvalue weighted by Crippen LogP contribution is -2.33. The molecule has 0 radical (unpaired) electrons. The molecule has 2 unspecified atom stereocenters. The molecule has 2 atom stereocenters. The van der Waals surface area contributed by atoms with E-state index in [1.54, 1.807) is 13.0 Å². The van der Waals surface area contributed by atoms with E-state index >= 15 is 0 Å². The van der Waals surface area contributed by atoms with Gasteiger partial charge in [-0.3, -0.25) is 14.9 Å². The van der Waals surface area contributed by atoms with E-state index in [-0.39, 0.29) is 11.8 Å². The van der Waals surface area contributed by atoms with Crippen molar-refractivity contribution < 1.29 is 9.59 Å². The van der Waals surface area contributed by atoms with Gasteiger partial charge in [-0.25, -0.2) is 0 Å². The minimum Gasteiger partial charge on any atom is -0.296 e. The van der Waals surface area contributed by atoms with E-state index < -0.39 is 5.92 Å². The minimum absolute atomic E-state index is 0.325. The molecule has 0 aromatic rings. The van der Waals surface area contributed by atoms with Gasteiger partial charge >= 0.3 is 0 Å². The smallest absolute Gasteiger partial charge is 0.233 e. The topological polar surface area (TPSA) is 46.2 Å². The third kappa shape index (κ3) is 9.83. The van der Waals surface area contributed by atoms with Crippen molar-refractivity contribution in [3.8, 4) is 0 Å². The van der Waals surface area contributed by atoms with Crippen LogP contribution in [0.2, 0.25) is 0 Å². The van der Waals surface area contributed by atoms with Crippen LogP contribution in [0.1, 0.15) is 54.4 Å². The molecule has 3 nitrogen and oxygen atoms in total. The van der Waals surface area contributed by atoms with Crippen molar-refractivity contribution in [1.82, 2.24) is 5.32 Å². The monoisotopic (exact) mass is 293 g/mol. The van der Waals surface area contributed by atoms with Gasteiger partial charge in [-0.05, 0) is 24.8 Å². The number of amides is 2. The summed E-state index contributed by atoms with van der Waals surface area (Å²) < 4.78 is 0. The zero-order valence-electron chi connectivity index (χ0n) is 14.5. The van der Waals surface area contributed by atoms with Gasteiger partial charge in [0.1, 0.15) is 0 Å². The van der Waals surface area contributed by atoms with Gasteiger partial charge in [0.05, 0.1) is 5.92 Å². The first-order valence-corrected chi connectivity index (χ1v) is 7.66. The maximum absolute atomic E-state index is 11.6. The highest BCUT2D eigenvalue weighted by molar-refractivity contribution is 5.96. The molecule has 0 fully saturated rings. The number of hydrogen-bond acceptors (Lipinski definition) is 2. The zero-order chi connectivity index (χ0) is 17.0. The fourth-order valence-corrected chi connectivity index (χ4v) is 1.59. The molecular weight excluding hydrogens is 262 g/mol. The van der Waals surface area contributed by atoms with E-state index in [0.29, 0.717) is 11.5 Å². The van der Waals surface area contributed by atoms with Crippen LogP contribution in [0.25, 0.3) is 0 Å². The van der Waals surface area contributed by atoms with Crippen LogP contribution in [0, 0.1) is 11.8 Å². The zero-order valence-corrected chi connectivity index (χ0v) is 14.5. The predicted octanol–water partition coefficient (Wildman–Crippen LogP) is 4.42. The van der Waals surface area contributed by atoms with Gasteiger partial charge in [0.2, 0.25) is 11.8 Å². The van der Waals surface area contributed by atoms with Gasteiger partial charge in [0.15, 0.2) is 0 Å². The van der Waals surface area contributed by atoms with Crippen molar-refractivity contribution in [3.05, 3.63) is 36.5 Å². The molecule has 0 saturated carbocycles. The molecule has 1 N–H and O–H groups in total. The number of imide groups is 1. The molecule has 0 aromatic heterocycles. The molecular formula is C18H31NO2. The van der Waals surface area contributed by atoms with Gasteiger partial charge in [0.25, 0.3) is 0 Å². The molecule has 120 valence electrons. The molecule has 21 heavy (non-hydrogen) atoms. The second kappa shape index (κ2) is 12.1. The van der Waals surface area contributed by atoms with E-state index in [1.807, 2.05) is 19.9 Å². The molecule has 0 aliphatic carbocycles. The van der Waals surface area contributed by atoms with E-state index in [9.17, 15) is 9.59 Å². The Morgan fingerprint density at radius 1 is 1.10 bits per heavy atom. The average Bonchev–Trinajstić information content (AvgIpc) is 2.45. The Kier molecular flexibility index (Phi) is 12.5. The van der Waals surface area contributed by atoms with Gasteiger partial charge < -0.3 is 0 Å². The molecule has 2 amide bonds. The number of carbonyl (C=O) groups excluding carboxylic acids is 2. The first kappa shape index (κ1) is 21.7. The minimum atomic E-state index is -0.422. The molecule has 0 spiro atoms. The highest BCUT2D eigenvalue weighted by atomic mass is 16.2. The molecule has 0 aliphatic rings. The lowest BCUT2D eigenvalue weighted by Gasteiger charge is -2.12. The Bertz CT molecular complexity index is 394. The van der Waals surface area contributed by atoms with Crippen LogP contribution >= 0.6 is 0 Å². The average molecular weight is 293 g/mol. The van der Waals surface area contributed by atoms with Gasteiger partial charge in [-0.2, -0.15) is 0 Å². The Morgan fingerprint density at radius 3 is 2.00 bits per heavy atom. The van der Waals surface area contributed by atoms with E-state index in [4.69, 9.17) is 0 Å². The normalized spacial score (nSPS) is 12.9. The molecule has 0 aliphatic heterocycles. The Hall–Kier alpha value is -1.64. The number of hydrogen-bond donors (Lipinski definition) is 1. The van der Waals surface area contributed by atoms with Gasteiger partial charge in [-0.15, -0.1) is 0 Å². The SMILES string of the molecule is C=C(/C=C\C(=C)C(C)C(=O)NC(C)=O)C(C)CCC.CC. The quantitative estimate of drug-likeness (QED) is 0.706. The summed E-state index contributed by atoms with van der Waals surface area (Å²) in [5.41, 5.74) is 1.70. The Balaban J connectivity index is 0. The number of nitrogens with one attached hydrogen (secondary N) is 1. The van der Waals surface area contributed by atoms with Crippen molar-refractivity contribution in [2.45, 2.75) is 54.4 Å². The first-order valence-electron chi connectivity index (χ1n) is 7.66. The fourth-order valence-electron chi connectivity index (χ4n) is 1.59. The van der Waals surface area contributed by atoms with E-state index in [2.05, 4.69) is 32.3 Å². The summed E-state index contributed by atoms with van der Waals surface area (Å²) in [7, 11) is 0. The summed E-state index contributed by atoms with van der Waals surface area (Å²) in [6, 6.07) is 0. The standard InChI is InChI=1S/C16H25NO2.C2H6/c1-7-8-11(2)12(3)9-10-13(4)14(5)16(19)17-15(6)18;1-2/h9-11,14H,3-4,7-8H2,1-2,5-6H3,(H,17,18,19);1-2H3/b10-9-;. The van der Waals surface area contributed by atoms with Crippen molar-refractivity contribution in [3.63, 3.8) is 0 Å². The molecule has 0 bridgehead atoms. The van der Waals surface area contributed by atoms with E-state index in [1.165, 1.54) is 6.92 Å². The third-order valence-electron chi connectivity index (χ3n) is 3.11. The second-order valence-electron chi connectivity index (χ2n) is 4.94. The van der Waals surface area contributed by atoms with Crippen LogP contribution in [0.15, 0.2) is 36.5 Å². The third-order valence-corrected chi connectivity index (χ3v) is 3.11.